The Labute approximate surface area is 198 Å². The summed E-state index contributed by atoms with van der Waals surface area (Å²) in [4.78, 5) is 49.3. The van der Waals surface area contributed by atoms with Gasteiger partial charge in [0.25, 0.3) is 11.6 Å². The van der Waals surface area contributed by atoms with E-state index in [4.69, 9.17) is 18.9 Å². The van der Waals surface area contributed by atoms with Gasteiger partial charge in [-0.05, 0) is 37.7 Å². The smallest absolute Gasteiger partial charge is 0.345 e. The number of nitro groups is 1. The van der Waals surface area contributed by atoms with Crippen LogP contribution in [0.5, 0.6) is 11.5 Å². The summed E-state index contributed by atoms with van der Waals surface area (Å²) in [5, 5.41) is 14.3. The number of benzene rings is 1. The van der Waals surface area contributed by atoms with Crippen molar-refractivity contribution in [2.24, 2.45) is 5.92 Å². The number of hydrogen-bond donors (Lipinski definition) is 1. The molecule has 180 valence electrons. The number of hydrogen-bond acceptors (Lipinski definition) is 10. The zero-order valence-corrected chi connectivity index (χ0v) is 19.3. The molecule has 12 heteroatoms. The molecule has 1 aromatic heterocycles. The van der Waals surface area contributed by atoms with Crippen LogP contribution in [-0.4, -0.2) is 42.8 Å². The molecule has 1 aliphatic heterocycles. The first-order valence-corrected chi connectivity index (χ1v) is 11.5. The zero-order chi connectivity index (χ0) is 24.4. The molecule has 0 fully saturated rings. The average molecular weight is 490 g/mol. The second-order valence-corrected chi connectivity index (χ2v) is 8.99. The molecule has 0 spiro atoms. The maximum atomic E-state index is 12.6. The molecule has 1 amide bonds. The Bertz CT molecular complexity index is 1170. The van der Waals surface area contributed by atoms with Crippen LogP contribution in [0.15, 0.2) is 12.1 Å². The van der Waals surface area contributed by atoms with Crippen LogP contribution in [0.4, 0.5) is 10.7 Å². The lowest BCUT2D eigenvalue weighted by Crippen LogP contribution is -2.22. The van der Waals surface area contributed by atoms with Crippen molar-refractivity contribution in [3.63, 3.8) is 0 Å². The van der Waals surface area contributed by atoms with Crippen LogP contribution in [-0.2, 0) is 27.1 Å². The van der Waals surface area contributed by atoms with Gasteiger partial charge in [-0.3, -0.25) is 14.9 Å². The summed E-state index contributed by atoms with van der Waals surface area (Å²) in [5.41, 5.74) is 0.318. The van der Waals surface area contributed by atoms with E-state index in [1.54, 1.807) is 6.92 Å². The second kappa shape index (κ2) is 9.67. The quantitative estimate of drug-likeness (QED) is 0.350. The molecule has 0 unspecified atom stereocenters. The van der Waals surface area contributed by atoms with Gasteiger partial charge in [-0.15, -0.1) is 11.3 Å². The van der Waals surface area contributed by atoms with Gasteiger partial charge < -0.3 is 24.3 Å². The number of fused-ring (bicyclic) bond motifs is 2. The van der Waals surface area contributed by atoms with Crippen molar-refractivity contribution < 1.29 is 38.3 Å². The Morgan fingerprint density at radius 1 is 1.21 bits per heavy atom. The van der Waals surface area contributed by atoms with Gasteiger partial charge in [0.2, 0.25) is 6.79 Å². The van der Waals surface area contributed by atoms with E-state index in [2.05, 4.69) is 12.2 Å². The van der Waals surface area contributed by atoms with Crippen molar-refractivity contribution >= 4 is 39.9 Å². The van der Waals surface area contributed by atoms with E-state index in [0.717, 1.165) is 35.4 Å². The molecule has 1 atom stereocenters. The first-order chi connectivity index (χ1) is 16.3. The number of esters is 2. The van der Waals surface area contributed by atoms with Crippen molar-refractivity contribution in [2.45, 2.75) is 33.1 Å². The maximum absolute atomic E-state index is 12.6. The van der Waals surface area contributed by atoms with Crippen molar-refractivity contribution in [2.75, 3.05) is 25.3 Å². The van der Waals surface area contributed by atoms with Gasteiger partial charge in [-0.25, -0.2) is 9.59 Å². The highest BCUT2D eigenvalue weighted by Crippen LogP contribution is 2.40. The number of thiophene rings is 1. The predicted molar refractivity (Wildman–Crippen MR) is 120 cm³/mol. The van der Waals surface area contributed by atoms with Crippen molar-refractivity contribution in [3.05, 3.63) is 43.8 Å². The fourth-order valence-corrected chi connectivity index (χ4v) is 5.29. The summed E-state index contributed by atoms with van der Waals surface area (Å²) in [5.74, 6) is -1.50. The summed E-state index contributed by atoms with van der Waals surface area (Å²) in [6.45, 7) is 3.19. The first kappa shape index (κ1) is 23.5. The Morgan fingerprint density at radius 2 is 1.94 bits per heavy atom. The standard InChI is InChI=1S/C22H22N2O9S/c1-3-30-22(27)19-12-5-4-11(2)6-17(12)34-20(19)23-18(25)9-31-21(26)13-7-15-16(33-10-32-15)8-14(13)24(28)29/h7-8,11H,3-6,9-10H2,1-2H3,(H,23,25)/t11-/m1/s1. The molecular weight excluding hydrogens is 468 g/mol. The second-order valence-electron chi connectivity index (χ2n) is 7.88. The Hall–Kier alpha value is -3.67. The number of ether oxygens (including phenoxy) is 4. The molecule has 1 aliphatic carbocycles. The van der Waals surface area contributed by atoms with E-state index in [1.807, 2.05) is 0 Å². The van der Waals surface area contributed by atoms with E-state index in [9.17, 15) is 24.5 Å². The predicted octanol–water partition coefficient (Wildman–Crippen LogP) is 3.48. The van der Waals surface area contributed by atoms with Gasteiger partial charge in [0.15, 0.2) is 18.1 Å². The lowest BCUT2D eigenvalue weighted by molar-refractivity contribution is -0.385. The number of anilines is 1. The lowest BCUT2D eigenvalue weighted by atomic mass is 9.88. The Morgan fingerprint density at radius 3 is 2.65 bits per heavy atom. The number of carbonyl (C=O) groups excluding carboxylic acids is 3. The van der Waals surface area contributed by atoms with Gasteiger partial charge in [-0.2, -0.15) is 0 Å². The minimum absolute atomic E-state index is 0.125. The summed E-state index contributed by atoms with van der Waals surface area (Å²) in [6.07, 6.45) is 2.43. The third-order valence-corrected chi connectivity index (χ3v) is 6.66. The molecule has 0 saturated carbocycles. The minimum Gasteiger partial charge on any atom is -0.462 e. The lowest BCUT2D eigenvalue weighted by Gasteiger charge is -2.18. The van der Waals surface area contributed by atoms with Crippen LogP contribution >= 0.6 is 11.3 Å². The van der Waals surface area contributed by atoms with Gasteiger partial charge >= 0.3 is 11.9 Å². The molecule has 1 N–H and O–H groups in total. The Kier molecular flexibility index (Phi) is 6.68. The summed E-state index contributed by atoms with van der Waals surface area (Å²) >= 11 is 1.31. The van der Waals surface area contributed by atoms with E-state index < -0.39 is 35.1 Å². The van der Waals surface area contributed by atoms with Crippen molar-refractivity contribution in [1.82, 2.24) is 0 Å². The molecule has 2 heterocycles. The van der Waals surface area contributed by atoms with E-state index in [1.165, 1.54) is 11.3 Å². The number of nitro benzene ring substituents is 1. The SMILES string of the molecule is CCOC(=O)c1c(NC(=O)COC(=O)c2cc3c(cc2[N+](=O)[O-])OCO3)sc2c1CC[C@@H](C)C2. The van der Waals surface area contributed by atoms with Crippen LogP contribution in [0.3, 0.4) is 0 Å². The molecule has 34 heavy (non-hydrogen) atoms. The fraction of sp³-hybridized carbons (Fsp3) is 0.409. The van der Waals surface area contributed by atoms with Gasteiger partial charge in [0.05, 0.1) is 23.2 Å². The number of amides is 1. The monoisotopic (exact) mass is 490 g/mol. The van der Waals surface area contributed by atoms with Crippen molar-refractivity contribution in [3.8, 4) is 11.5 Å². The third-order valence-electron chi connectivity index (χ3n) is 5.49. The van der Waals surface area contributed by atoms with E-state index in [-0.39, 0.29) is 30.5 Å². The molecule has 1 aromatic carbocycles. The molecule has 0 bridgehead atoms. The molecule has 2 aliphatic rings. The van der Waals surface area contributed by atoms with E-state index in [0.29, 0.717) is 22.9 Å². The Balaban J connectivity index is 1.48. The molecule has 0 radical (unpaired) electrons. The van der Waals surface area contributed by atoms with Crippen LogP contribution < -0.4 is 14.8 Å². The number of rotatable bonds is 7. The highest BCUT2D eigenvalue weighted by atomic mass is 32.1. The first-order valence-electron chi connectivity index (χ1n) is 10.6. The summed E-state index contributed by atoms with van der Waals surface area (Å²) < 4.78 is 20.4. The van der Waals surface area contributed by atoms with Crippen molar-refractivity contribution in [1.29, 1.82) is 0 Å². The molecule has 0 saturated heterocycles. The fourth-order valence-electron chi connectivity index (χ4n) is 3.88. The molecular formula is C22H22N2O9S. The minimum atomic E-state index is -1.06. The van der Waals surface area contributed by atoms with Gasteiger partial charge in [-0.1, -0.05) is 6.92 Å². The van der Waals surface area contributed by atoms with Gasteiger partial charge in [0.1, 0.15) is 10.6 Å². The highest BCUT2D eigenvalue weighted by Gasteiger charge is 2.31. The highest BCUT2D eigenvalue weighted by molar-refractivity contribution is 7.17. The summed E-state index contributed by atoms with van der Waals surface area (Å²) in [6, 6.07) is 2.22. The maximum Gasteiger partial charge on any atom is 0.345 e. The molecule has 2 aromatic rings. The van der Waals surface area contributed by atoms with Crippen LogP contribution in [0, 0.1) is 16.0 Å². The number of nitrogens with one attached hydrogen (secondary N) is 1. The third kappa shape index (κ3) is 4.67. The molecule has 11 nitrogen and oxygen atoms in total. The summed E-state index contributed by atoms with van der Waals surface area (Å²) in [7, 11) is 0. The topological polar surface area (TPSA) is 143 Å². The van der Waals surface area contributed by atoms with Crippen LogP contribution in [0.1, 0.15) is 51.4 Å². The number of nitrogens with zero attached hydrogens (tertiary/aromatic N) is 1. The zero-order valence-electron chi connectivity index (χ0n) is 18.5. The van der Waals surface area contributed by atoms with Crippen LogP contribution in [0.25, 0.3) is 0 Å². The normalized spacial score (nSPS) is 15.9. The largest absolute Gasteiger partial charge is 0.462 e. The molecule has 4 rings (SSSR count). The number of carbonyl (C=O) groups is 3. The van der Waals surface area contributed by atoms with E-state index >= 15 is 0 Å². The van der Waals surface area contributed by atoms with Gasteiger partial charge in [0, 0.05) is 10.9 Å². The average Bonchev–Trinajstić information content (AvgIpc) is 3.39. The van der Waals surface area contributed by atoms with Crippen LogP contribution in [0.2, 0.25) is 0 Å².